The molecule has 2 atom stereocenters. The number of Topliss-reactive ketones (excluding diaryl/α,β-unsaturated/α-hetero) is 1. The minimum Gasteiger partial charge on any atom is -0.348 e. The molecule has 1 aliphatic carbocycles. The summed E-state index contributed by atoms with van der Waals surface area (Å²) in [7, 11) is 0. The van der Waals surface area contributed by atoms with E-state index >= 15 is 0 Å². The molecule has 0 saturated heterocycles. The number of nitrogens with one attached hydrogen (secondary N) is 1. The highest BCUT2D eigenvalue weighted by molar-refractivity contribution is 5.99. The van der Waals surface area contributed by atoms with E-state index in [1.807, 2.05) is 20.8 Å². The van der Waals surface area contributed by atoms with Crippen molar-refractivity contribution < 1.29 is 27.2 Å². The zero-order chi connectivity index (χ0) is 22.3. The molecule has 1 heterocycles. The monoisotopic (exact) mass is 422 g/mol. The molecule has 1 amide bonds. The fourth-order valence-electron chi connectivity index (χ4n) is 3.46. The Morgan fingerprint density at radius 3 is 2.43 bits per heavy atom. The van der Waals surface area contributed by atoms with Gasteiger partial charge in [-0.1, -0.05) is 32.9 Å². The summed E-state index contributed by atoms with van der Waals surface area (Å²) in [5.74, 6) is -2.32. The fraction of sp³-hybridized carbons (Fsp3) is 0.409. The molecule has 1 aromatic carbocycles. The lowest BCUT2D eigenvalue weighted by atomic mass is 9.86. The number of pyridine rings is 1. The number of hydrogen-bond donors (Lipinski definition) is 1. The third-order valence-electron chi connectivity index (χ3n) is 5.16. The lowest BCUT2D eigenvalue weighted by molar-refractivity contribution is -0.138. The molecule has 1 saturated carbocycles. The number of alkyl halides is 3. The quantitative estimate of drug-likeness (QED) is 0.564. The fourth-order valence-corrected chi connectivity index (χ4v) is 3.46. The SMILES string of the molecule is CC(C)(C)c1ccc(C2CC2C(=O)NCC(=O)c2ncccc2C(F)(F)F)cc1F. The molecule has 0 aliphatic heterocycles. The number of hydrogen-bond acceptors (Lipinski definition) is 3. The van der Waals surface area contributed by atoms with Gasteiger partial charge in [0, 0.05) is 12.1 Å². The first-order valence-corrected chi connectivity index (χ1v) is 9.52. The molecule has 2 aromatic rings. The standard InChI is InChI=1S/C22H22F4N2O2/c1-21(2,3)15-7-6-12(9-17(15)23)13-10-14(13)20(30)28-11-18(29)19-16(22(24,25)26)5-4-8-27-19/h4-9,13-14H,10-11H2,1-3H3,(H,28,30). The number of carbonyl (C=O) groups excluding carboxylic acids is 2. The number of aromatic nitrogens is 1. The van der Waals surface area contributed by atoms with Gasteiger partial charge in [-0.05, 0) is 47.1 Å². The van der Waals surface area contributed by atoms with E-state index < -0.39 is 41.6 Å². The summed E-state index contributed by atoms with van der Waals surface area (Å²) in [6.45, 7) is 5.13. The van der Waals surface area contributed by atoms with Gasteiger partial charge in [-0.3, -0.25) is 14.6 Å². The molecular weight excluding hydrogens is 400 g/mol. The first-order chi connectivity index (χ1) is 13.9. The van der Waals surface area contributed by atoms with E-state index in [1.165, 1.54) is 6.07 Å². The molecule has 1 N–H and O–H groups in total. The molecule has 2 unspecified atom stereocenters. The van der Waals surface area contributed by atoms with Crippen molar-refractivity contribution >= 4 is 11.7 Å². The maximum absolute atomic E-state index is 14.4. The first-order valence-electron chi connectivity index (χ1n) is 9.52. The summed E-state index contributed by atoms with van der Waals surface area (Å²) in [6, 6.07) is 6.79. The maximum atomic E-state index is 14.4. The molecule has 1 fully saturated rings. The van der Waals surface area contributed by atoms with Crippen molar-refractivity contribution in [1.29, 1.82) is 0 Å². The van der Waals surface area contributed by atoms with Crippen molar-refractivity contribution in [3.63, 3.8) is 0 Å². The zero-order valence-electron chi connectivity index (χ0n) is 16.8. The zero-order valence-corrected chi connectivity index (χ0v) is 16.8. The third kappa shape index (κ3) is 4.68. The second-order valence-electron chi connectivity index (χ2n) is 8.48. The lowest BCUT2D eigenvalue weighted by Gasteiger charge is -2.20. The molecule has 1 aromatic heterocycles. The molecular formula is C22H22F4N2O2. The predicted molar refractivity (Wildman–Crippen MR) is 103 cm³/mol. The Labute approximate surface area is 171 Å². The Morgan fingerprint density at radius 2 is 1.83 bits per heavy atom. The number of benzene rings is 1. The van der Waals surface area contributed by atoms with Gasteiger partial charge in [0.15, 0.2) is 0 Å². The van der Waals surface area contributed by atoms with Gasteiger partial charge in [-0.25, -0.2) is 4.39 Å². The molecule has 3 rings (SSSR count). The second-order valence-corrected chi connectivity index (χ2v) is 8.48. The molecule has 160 valence electrons. The summed E-state index contributed by atoms with van der Waals surface area (Å²) in [5.41, 5.74) is -0.935. The van der Waals surface area contributed by atoms with E-state index in [0.717, 1.165) is 18.3 Å². The summed E-state index contributed by atoms with van der Waals surface area (Å²) in [5, 5.41) is 2.38. The molecule has 4 nitrogen and oxygen atoms in total. The summed E-state index contributed by atoms with van der Waals surface area (Å²) in [4.78, 5) is 28.0. The molecule has 0 spiro atoms. The van der Waals surface area contributed by atoms with Crippen molar-refractivity contribution in [2.45, 2.75) is 44.7 Å². The van der Waals surface area contributed by atoms with Crippen LogP contribution >= 0.6 is 0 Å². The van der Waals surface area contributed by atoms with Gasteiger partial charge in [0.2, 0.25) is 11.7 Å². The number of amides is 1. The van der Waals surface area contributed by atoms with E-state index in [9.17, 15) is 27.2 Å². The smallest absolute Gasteiger partial charge is 0.348 e. The lowest BCUT2D eigenvalue weighted by Crippen LogP contribution is -2.32. The third-order valence-corrected chi connectivity index (χ3v) is 5.16. The molecule has 0 radical (unpaired) electrons. The van der Waals surface area contributed by atoms with Crippen LogP contribution in [0.15, 0.2) is 36.5 Å². The number of nitrogens with zero attached hydrogens (tertiary/aromatic N) is 1. The van der Waals surface area contributed by atoms with Crippen LogP contribution < -0.4 is 5.32 Å². The average molecular weight is 422 g/mol. The van der Waals surface area contributed by atoms with Crippen LogP contribution in [-0.2, 0) is 16.4 Å². The van der Waals surface area contributed by atoms with Gasteiger partial charge in [-0.2, -0.15) is 13.2 Å². The van der Waals surface area contributed by atoms with Crippen LogP contribution in [0.25, 0.3) is 0 Å². The van der Waals surface area contributed by atoms with E-state index in [1.54, 1.807) is 12.1 Å². The van der Waals surface area contributed by atoms with Crippen LogP contribution in [0.3, 0.4) is 0 Å². The van der Waals surface area contributed by atoms with Crippen LogP contribution in [0.4, 0.5) is 17.6 Å². The summed E-state index contributed by atoms with van der Waals surface area (Å²) < 4.78 is 53.4. The topological polar surface area (TPSA) is 59.1 Å². The van der Waals surface area contributed by atoms with Crippen LogP contribution in [0.5, 0.6) is 0 Å². The highest BCUT2D eigenvalue weighted by atomic mass is 19.4. The minimum atomic E-state index is -4.71. The van der Waals surface area contributed by atoms with Gasteiger partial charge in [0.25, 0.3) is 0 Å². The van der Waals surface area contributed by atoms with Crippen LogP contribution in [0, 0.1) is 11.7 Å². The van der Waals surface area contributed by atoms with Crippen molar-refractivity contribution in [2.24, 2.45) is 5.92 Å². The Morgan fingerprint density at radius 1 is 1.13 bits per heavy atom. The average Bonchev–Trinajstić information content (AvgIpc) is 3.45. The Balaban J connectivity index is 1.62. The maximum Gasteiger partial charge on any atom is 0.418 e. The Bertz CT molecular complexity index is 980. The van der Waals surface area contributed by atoms with Crippen molar-refractivity contribution in [2.75, 3.05) is 6.54 Å². The van der Waals surface area contributed by atoms with E-state index in [2.05, 4.69) is 10.3 Å². The Hall–Kier alpha value is -2.77. The van der Waals surface area contributed by atoms with E-state index in [-0.39, 0.29) is 17.2 Å². The first kappa shape index (κ1) is 21.9. The van der Waals surface area contributed by atoms with Crippen molar-refractivity contribution in [3.05, 3.63) is 64.7 Å². The molecule has 1 aliphatic rings. The van der Waals surface area contributed by atoms with Gasteiger partial charge < -0.3 is 5.32 Å². The molecule has 30 heavy (non-hydrogen) atoms. The van der Waals surface area contributed by atoms with Gasteiger partial charge >= 0.3 is 6.18 Å². The normalized spacial score (nSPS) is 18.8. The summed E-state index contributed by atoms with van der Waals surface area (Å²) in [6.07, 6.45) is -3.13. The van der Waals surface area contributed by atoms with Crippen LogP contribution in [0.1, 0.15) is 60.3 Å². The highest BCUT2D eigenvalue weighted by Gasteiger charge is 2.44. The van der Waals surface area contributed by atoms with Crippen molar-refractivity contribution in [1.82, 2.24) is 10.3 Å². The highest BCUT2D eigenvalue weighted by Crippen LogP contribution is 2.48. The predicted octanol–water partition coefficient (Wildman–Crippen LogP) is 4.64. The largest absolute Gasteiger partial charge is 0.418 e. The second kappa shape index (κ2) is 7.81. The number of ketones is 1. The number of rotatable bonds is 5. The van der Waals surface area contributed by atoms with Gasteiger partial charge in [0.05, 0.1) is 12.1 Å². The van der Waals surface area contributed by atoms with E-state index in [0.29, 0.717) is 17.5 Å². The number of halogens is 4. The van der Waals surface area contributed by atoms with Crippen molar-refractivity contribution in [3.8, 4) is 0 Å². The van der Waals surface area contributed by atoms with Crippen LogP contribution in [0.2, 0.25) is 0 Å². The van der Waals surface area contributed by atoms with Gasteiger partial charge in [0.1, 0.15) is 11.5 Å². The molecule has 0 bridgehead atoms. The van der Waals surface area contributed by atoms with E-state index in [4.69, 9.17) is 0 Å². The van der Waals surface area contributed by atoms with Gasteiger partial charge in [-0.15, -0.1) is 0 Å². The van der Waals surface area contributed by atoms with Crippen LogP contribution in [-0.4, -0.2) is 23.2 Å². The minimum absolute atomic E-state index is 0.177. The molecule has 8 heteroatoms. The Kier molecular flexibility index (Phi) is 5.71. The number of carbonyl (C=O) groups is 2. The summed E-state index contributed by atoms with van der Waals surface area (Å²) >= 11 is 0.